The molecule has 3 heterocycles. The number of fused-ring (bicyclic) bond motifs is 1. The van der Waals surface area contributed by atoms with Crippen molar-refractivity contribution in [3.63, 3.8) is 0 Å². The quantitative estimate of drug-likeness (QED) is 0.260. The van der Waals surface area contributed by atoms with Crippen LogP contribution in [-0.4, -0.2) is 85.7 Å². The van der Waals surface area contributed by atoms with Crippen LogP contribution >= 0.6 is 11.3 Å². The van der Waals surface area contributed by atoms with E-state index in [4.69, 9.17) is 14.5 Å². The molecule has 0 saturated carbocycles. The number of benzene rings is 2. The van der Waals surface area contributed by atoms with Crippen molar-refractivity contribution >= 4 is 34.7 Å². The summed E-state index contributed by atoms with van der Waals surface area (Å²) in [6.07, 6.45) is 1.65. The van der Waals surface area contributed by atoms with Gasteiger partial charge in [-0.05, 0) is 63.7 Å². The molecule has 0 N–H and O–H groups in total. The van der Waals surface area contributed by atoms with E-state index in [0.717, 1.165) is 13.1 Å². The number of likely N-dealkylation sites (N-methyl/N-ethyl adjacent to an activating group) is 2. The molecule has 45 heavy (non-hydrogen) atoms. The highest BCUT2D eigenvalue weighted by atomic mass is 32.1. The zero-order valence-corrected chi connectivity index (χ0v) is 27.2. The number of nitro benzene ring substituents is 1. The number of carbonyl (C=O) groups excluding carboxylic acids is 1. The number of carbonyl (C=O) groups is 1. The van der Waals surface area contributed by atoms with E-state index in [2.05, 4.69) is 4.90 Å². The number of hydrogen-bond donors (Lipinski definition) is 0. The first kappa shape index (κ1) is 31.9. The third kappa shape index (κ3) is 6.09. The minimum Gasteiger partial charge on any atom is -0.497 e. The summed E-state index contributed by atoms with van der Waals surface area (Å²) in [7, 11) is 5.12. The molecule has 2 aliphatic heterocycles. The van der Waals surface area contributed by atoms with Crippen LogP contribution in [0.2, 0.25) is 0 Å². The number of anilines is 1. The first-order valence-electron chi connectivity index (χ1n) is 14.9. The Morgan fingerprint density at radius 1 is 1.11 bits per heavy atom. The van der Waals surface area contributed by atoms with Crippen LogP contribution in [-0.2, 0) is 4.79 Å². The van der Waals surface area contributed by atoms with Crippen molar-refractivity contribution in [1.82, 2.24) is 14.4 Å². The van der Waals surface area contributed by atoms with E-state index >= 15 is 0 Å². The van der Waals surface area contributed by atoms with Gasteiger partial charge in [-0.2, -0.15) is 0 Å². The van der Waals surface area contributed by atoms with Crippen LogP contribution in [0.1, 0.15) is 37.9 Å². The summed E-state index contributed by atoms with van der Waals surface area (Å²) >= 11 is 1.17. The molecule has 5 rings (SSSR count). The highest BCUT2D eigenvalue weighted by molar-refractivity contribution is 7.07. The van der Waals surface area contributed by atoms with E-state index < -0.39 is 6.04 Å². The minimum absolute atomic E-state index is 0.0111. The standard InChI is InChI=1S/C32H38N6O6S/c1-7-35(8-2)31(40)28-20(3)33-32-37(29(28)23-19-22(43-5)10-12-26(23)44-6)30(39)27(45-32)18-21-9-11-24(25(17-21)38(41)42)36-15-13-34(4)14-16-36/h9-12,17-19,29H,7-8,13-16H2,1-6H3/b27-18-/t29-/m1/s1. The zero-order chi connectivity index (χ0) is 32.4. The third-order valence-corrected chi connectivity index (χ3v) is 9.36. The second kappa shape index (κ2) is 13.2. The number of rotatable bonds is 9. The summed E-state index contributed by atoms with van der Waals surface area (Å²) < 4.78 is 13.1. The molecule has 2 aliphatic rings. The molecule has 0 bridgehead atoms. The predicted molar refractivity (Wildman–Crippen MR) is 174 cm³/mol. The molecule has 1 atom stereocenters. The highest BCUT2D eigenvalue weighted by Gasteiger charge is 2.36. The predicted octanol–water partition coefficient (Wildman–Crippen LogP) is 2.78. The first-order valence-corrected chi connectivity index (χ1v) is 15.7. The number of hydrogen-bond acceptors (Lipinski definition) is 10. The van der Waals surface area contributed by atoms with Crippen LogP contribution in [0, 0.1) is 10.1 Å². The Bertz CT molecular complexity index is 1830. The number of nitrogens with zero attached hydrogens (tertiary/aromatic N) is 6. The minimum atomic E-state index is -0.838. The van der Waals surface area contributed by atoms with Crippen molar-refractivity contribution in [3.05, 3.63) is 88.6 Å². The number of aromatic nitrogens is 1. The Morgan fingerprint density at radius 2 is 1.82 bits per heavy atom. The highest BCUT2D eigenvalue weighted by Crippen LogP contribution is 2.38. The number of allylic oxidation sites excluding steroid dienone is 1. The van der Waals surface area contributed by atoms with Gasteiger partial charge in [-0.1, -0.05) is 17.4 Å². The molecule has 1 fully saturated rings. The van der Waals surface area contributed by atoms with Gasteiger partial charge in [0.15, 0.2) is 4.80 Å². The molecule has 0 unspecified atom stereocenters. The molecule has 1 aromatic heterocycles. The molecule has 1 saturated heterocycles. The topological polar surface area (TPSA) is 123 Å². The second-order valence-electron chi connectivity index (χ2n) is 11.0. The van der Waals surface area contributed by atoms with Crippen LogP contribution in [0.25, 0.3) is 6.08 Å². The summed E-state index contributed by atoms with van der Waals surface area (Å²) in [6, 6.07) is 9.50. The monoisotopic (exact) mass is 634 g/mol. The number of ether oxygens (including phenoxy) is 2. The summed E-state index contributed by atoms with van der Waals surface area (Å²) in [5.74, 6) is 0.815. The SMILES string of the molecule is CCN(CC)C(=O)C1=C(C)N=c2s/c(=C\c3ccc(N4CCN(C)CC4)c([N+](=O)[O-])c3)c(=O)n2[C@@H]1c1cc(OC)ccc1OC. The first-order chi connectivity index (χ1) is 21.6. The summed E-state index contributed by atoms with van der Waals surface area (Å²) in [6.45, 7) is 9.57. The second-order valence-corrected chi connectivity index (χ2v) is 12.0. The van der Waals surface area contributed by atoms with Gasteiger partial charge in [0, 0.05) is 50.9 Å². The fraction of sp³-hybridized carbons (Fsp3) is 0.406. The number of nitro groups is 1. The van der Waals surface area contributed by atoms with Crippen molar-refractivity contribution in [2.24, 2.45) is 4.99 Å². The van der Waals surface area contributed by atoms with Gasteiger partial charge in [-0.3, -0.25) is 24.3 Å². The van der Waals surface area contributed by atoms with Gasteiger partial charge < -0.3 is 24.2 Å². The van der Waals surface area contributed by atoms with Crippen LogP contribution in [0.5, 0.6) is 11.5 Å². The number of piperazine rings is 1. The maximum absolute atomic E-state index is 14.2. The normalized spacial score (nSPS) is 17.2. The van der Waals surface area contributed by atoms with Gasteiger partial charge in [0.25, 0.3) is 17.2 Å². The molecular formula is C32H38N6O6S. The summed E-state index contributed by atoms with van der Waals surface area (Å²) in [5.41, 5.74) is 2.17. The van der Waals surface area contributed by atoms with E-state index in [9.17, 15) is 19.7 Å². The lowest BCUT2D eigenvalue weighted by atomic mass is 9.93. The molecule has 12 nitrogen and oxygen atoms in total. The number of thiazole rings is 1. The number of methoxy groups -OCH3 is 2. The van der Waals surface area contributed by atoms with Crippen molar-refractivity contribution in [2.75, 3.05) is 65.4 Å². The van der Waals surface area contributed by atoms with Crippen LogP contribution in [0.4, 0.5) is 11.4 Å². The van der Waals surface area contributed by atoms with E-state index in [0.29, 0.717) is 75.1 Å². The largest absolute Gasteiger partial charge is 0.497 e. The Labute approximate surface area is 265 Å². The average molecular weight is 635 g/mol. The van der Waals surface area contributed by atoms with Crippen LogP contribution < -0.4 is 29.3 Å². The fourth-order valence-electron chi connectivity index (χ4n) is 5.87. The van der Waals surface area contributed by atoms with Crippen molar-refractivity contribution < 1.29 is 19.2 Å². The Hall–Kier alpha value is -4.49. The lowest BCUT2D eigenvalue weighted by Crippen LogP contribution is -2.44. The lowest BCUT2D eigenvalue weighted by molar-refractivity contribution is -0.384. The van der Waals surface area contributed by atoms with E-state index in [1.807, 2.05) is 25.8 Å². The van der Waals surface area contributed by atoms with Crippen molar-refractivity contribution in [2.45, 2.75) is 26.8 Å². The van der Waals surface area contributed by atoms with E-state index in [-0.39, 0.29) is 22.1 Å². The van der Waals surface area contributed by atoms with Crippen LogP contribution in [0.3, 0.4) is 0 Å². The van der Waals surface area contributed by atoms with Crippen molar-refractivity contribution in [1.29, 1.82) is 0 Å². The fourth-order valence-corrected chi connectivity index (χ4v) is 6.91. The van der Waals surface area contributed by atoms with E-state index in [1.54, 1.807) is 55.3 Å². The molecule has 0 radical (unpaired) electrons. The van der Waals surface area contributed by atoms with Gasteiger partial charge in [0.1, 0.15) is 23.2 Å². The van der Waals surface area contributed by atoms with E-state index in [1.165, 1.54) is 29.1 Å². The van der Waals surface area contributed by atoms with Gasteiger partial charge in [-0.15, -0.1) is 0 Å². The molecule has 0 spiro atoms. The smallest absolute Gasteiger partial charge is 0.293 e. The van der Waals surface area contributed by atoms with Gasteiger partial charge in [-0.25, -0.2) is 4.99 Å². The third-order valence-electron chi connectivity index (χ3n) is 8.37. The summed E-state index contributed by atoms with van der Waals surface area (Å²) in [5, 5.41) is 12.1. The molecule has 0 aliphatic carbocycles. The summed E-state index contributed by atoms with van der Waals surface area (Å²) in [4.78, 5) is 51.0. The molecule has 3 aromatic rings. The Kier molecular flexibility index (Phi) is 9.40. The van der Waals surface area contributed by atoms with Gasteiger partial charge >= 0.3 is 0 Å². The van der Waals surface area contributed by atoms with Gasteiger partial charge in [0.2, 0.25) is 0 Å². The lowest BCUT2D eigenvalue weighted by Gasteiger charge is -2.33. The molecule has 238 valence electrons. The van der Waals surface area contributed by atoms with Crippen molar-refractivity contribution in [3.8, 4) is 11.5 Å². The van der Waals surface area contributed by atoms with Gasteiger partial charge in [0.05, 0.1) is 34.9 Å². The number of amides is 1. The van der Waals surface area contributed by atoms with Crippen LogP contribution in [0.15, 0.2) is 57.5 Å². The Balaban J connectivity index is 1.68. The maximum Gasteiger partial charge on any atom is 0.293 e. The Morgan fingerprint density at radius 3 is 2.44 bits per heavy atom. The molecular weight excluding hydrogens is 596 g/mol. The molecule has 1 amide bonds. The average Bonchev–Trinajstić information content (AvgIpc) is 3.34. The maximum atomic E-state index is 14.2. The molecule has 13 heteroatoms. The molecule has 2 aromatic carbocycles. The zero-order valence-electron chi connectivity index (χ0n) is 26.4.